The first kappa shape index (κ1) is 20.3. The number of ether oxygens (including phenoxy) is 2. The van der Waals surface area contributed by atoms with Crippen LogP contribution in [0.1, 0.15) is 25.0 Å². The summed E-state index contributed by atoms with van der Waals surface area (Å²) in [4.78, 5) is 20.2. The van der Waals surface area contributed by atoms with Crippen molar-refractivity contribution in [1.82, 2.24) is 15.1 Å². The van der Waals surface area contributed by atoms with Crippen LogP contribution < -0.4 is 15.8 Å². The van der Waals surface area contributed by atoms with Gasteiger partial charge in [-0.1, -0.05) is 0 Å². The summed E-state index contributed by atoms with van der Waals surface area (Å²) in [5.41, 5.74) is 6.28. The van der Waals surface area contributed by atoms with Gasteiger partial charge in [-0.05, 0) is 26.0 Å². The number of hydrogen-bond acceptors (Lipinski definition) is 5. The molecule has 1 aromatic carbocycles. The smallest absolute Gasteiger partial charge is 0.237 e. The third kappa shape index (κ3) is 4.20. The SMILES string of the molecule is CN=C(NCc1cc(F)cc2c1OCOC2)N1CCN(C(C)(C)C(N)=O)CC1. The Morgan fingerprint density at radius 3 is 2.68 bits per heavy atom. The van der Waals surface area contributed by atoms with E-state index < -0.39 is 5.54 Å². The molecule has 3 rings (SSSR count). The topological polar surface area (TPSA) is 92.4 Å². The van der Waals surface area contributed by atoms with Gasteiger partial charge in [0.25, 0.3) is 0 Å². The molecule has 0 atom stereocenters. The first-order chi connectivity index (χ1) is 13.3. The molecule has 2 aliphatic rings. The molecule has 0 aliphatic carbocycles. The number of nitrogens with two attached hydrogens (primary N) is 1. The number of fused-ring (bicyclic) bond motifs is 1. The van der Waals surface area contributed by atoms with Crippen LogP contribution in [-0.4, -0.2) is 67.2 Å². The maximum absolute atomic E-state index is 13.9. The van der Waals surface area contributed by atoms with Crippen molar-refractivity contribution in [2.75, 3.05) is 40.0 Å². The molecule has 0 bridgehead atoms. The average Bonchev–Trinajstić information content (AvgIpc) is 2.68. The molecule has 1 amide bonds. The average molecular weight is 393 g/mol. The van der Waals surface area contributed by atoms with Crippen molar-refractivity contribution in [1.29, 1.82) is 0 Å². The summed E-state index contributed by atoms with van der Waals surface area (Å²) in [6.07, 6.45) is 0. The molecule has 0 radical (unpaired) electrons. The summed E-state index contributed by atoms with van der Waals surface area (Å²) in [6, 6.07) is 2.91. The predicted molar refractivity (Wildman–Crippen MR) is 103 cm³/mol. The van der Waals surface area contributed by atoms with E-state index in [0.717, 1.165) is 11.5 Å². The minimum atomic E-state index is -0.678. The third-order valence-corrected chi connectivity index (χ3v) is 5.37. The van der Waals surface area contributed by atoms with Crippen LogP contribution in [0.4, 0.5) is 4.39 Å². The van der Waals surface area contributed by atoms with E-state index in [2.05, 4.69) is 20.1 Å². The fraction of sp³-hybridized carbons (Fsp3) is 0.579. The fourth-order valence-corrected chi connectivity index (χ4v) is 3.53. The normalized spacial score (nSPS) is 18.4. The molecule has 2 aliphatic heterocycles. The Morgan fingerprint density at radius 1 is 1.32 bits per heavy atom. The van der Waals surface area contributed by atoms with Crippen LogP contribution in [0.25, 0.3) is 0 Å². The number of carbonyl (C=O) groups excluding carboxylic acids is 1. The van der Waals surface area contributed by atoms with E-state index in [4.69, 9.17) is 15.2 Å². The molecule has 0 saturated carbocycles. The number of nitrogens with zero attached hydrogens (tertiary/aromatic N) is 3. The largest absolute Gasteiger partial charge is 0.467 e. The van der Waals surface area contributed by atoms with E-state index >= 15 is 0 Å². The highest BCUT2D eigenvalue weighted by molar-refractivity contribution is 5.84. The standard InChI is InChI=1S/C19H28FN5O3/c1-19(2,17(21)26)25-6-4-24(5-7-25)18(22-3)23-10-13-8-15(20)9-14-11-27-12-28-16(13)14/h8-9H,4-7,10-12H2,1-3H3,(H2,21,26)(H,22,23). The van der Waals surface area contributed by atoms with Gasteiger partial charge in [-0.25, -0.2) is 4.39 Å². The van der Waals surface area contributed by atoms with E-state index in [1.807, 2.05) is 13.8 Å². The monoisotopic (exact) mass is 393 g/mol. The Bertz CT molecular complexity index is 760. The van der Waals surface area contributed by atoms with Crippen LogP contribution in [-0.2, 0) is 22.7 Å². The van der Waals surface area contributed by atoms with Gasteiger partial charge in [-0.15, -0.1) is 0 Å². The minimum absolute atomic E-state index is 0.165. The lowest BCUT2D eigenvalue weighted by Crippen LogP contribution is -2.61. The number of rotatable bonds is 4. The van der Waals surface area contributed by atoms with Gasteiger partial charge in [0, 0.05) is 50.9 Å². The molecule has 1 aromatic rings. The first-order valence-electron chi connectivity index (χ1n) is 9.35. The molecule has 9 heteroatoms. The molecule has 3 N–H and O–H groups in total. The number of hydrogen-bond donors (Lipinski definition) is 2. The van der Waals surface area contributed by atoms with Crippen molar-refractivity contribution in [3.63, 3.8) is 0 Å². The molecular weight excluding hydrogens is 365 g/mol. The Kier molecular flexibility index (Phi) is 6.04. The number of aliphatic imine (C=N–C) groups is 1. The number of benzene rings is 1. The van der Waals surface area contributed by atoms with Gasteiger partial charge in [0.15, 0.2) is 12.8 Å². The van der Waals surface area contributed by atoms with Crippen molar-refractivity contribution < 1.29 is 18.7 Å². The lowest BCUT2D eigenvalue weighted by molar-refractivity contribution is -0.129. The van der Waals surface area contributed by atoms with Crippen molar-refractivity contribution in [2.45, 2.75) is 32.5 Å². The summed E-state index contributed by atoms with van der Waals surface area (Å²) in [5, 5.41) is 3.29. The lowest BCUT2D eigenvalue weighted by Gasteiger charge is -2.43. The van der Waals surface area contributed by atoms with Crippen LogP contribution in [0.5, 0.6) is 5.75 Å². The van der Waals surface area contributed by atoms with Crippen molar-refractivity contribution in [2.24, 2.45) is 10.7 Å². The number of nitrogens with one attached hydrogen (secondary N) is 1. The Balaban J connectivity index is 1.62. The highest BCUT2D eigenvalue weighted by atomic mass is 19.1. The van der Waals surface area contributed by atoms with Crippen LogP contribution >= 0.6 is 0 Å². The highest BCUT2D eigenvalue weighted by Gasteiger charge is 2.35. The lowest BCUT2D eigenvalue weighted by atomic mass is 10.0. The molecule has 1 fully saturated rings. The fourth-order valence-electron chi connectivity index (χ4n) is 3.53. The van der Waals surface area contributed by atoms with Crippen molar-refractivity contribution in [3.8, 4) is 5.75 Å². The molecule has 1 saturated heterocycles. The molecule has 28 heavy (non-hydrogen) atoms. The molecule has 0 spiro atoms. The maximum atomic E-state index is 13.9. The predicted octanol–water partition coefficient (Wildman–Crippen LogP) is 0.649. The minimum Gasteiger partial charge on any atom is -0.467 e. The highest BCUT2D eigenvalue weighted by Crippen LogP contribution is 2.29. The number of primary amides is 1. The summed E-state index contributed by atoms with van der Waals surface area (Å²) in [5.74, 6) is 0.746. The van der Waals surface area contributed by atoms with Gasteiger partial charge in [-0.2, -0.15) is 0 Å². The molecule has 8 nitrogen and oxygen atoms in total. The van der Waals surface area contributed by atoms with Gasteiger partial charge in [0.05, 0.1) is 12.1 Å². The summed E-state index contributed by atoms with van der Waals surface area (Å²) in [6.45, 7) is 7.40. The summed E-state index contributed by atoms with van der Waals surface area (Å²) in [7, 11) is 1.72. The second kappa shape index (κ2) is 8.32. The molecular formula is C19H28FN5O3. The number of amides is 1. The number of guanidine groups is 1. The van der Waals surface area contributed by atoms with Crippen molar-refractivity contribution >= 4 is 11.9 Å². The second-order valence-corrected chi connectivity index (χ2v) is 7.46. The first-order valence-corrected chi connectivity index (χ1v) is 9.35. The van der Waals surface area contributed by atoms with Crippen LogP contribution in [0.2, 0.25) is 0 Å². The third-order valence-electron chi connectivity index (χ3n) is 5.37. The Morgan fingerprint density at radius 2 is 2.04 bits per heavy atom. The zero-order chi connectivity index (χ0) is 20.3. The molecule has 2 heterocycles. The van der Waals surface area contributed by atoms with Crippen LogP contribution in [0.15, 0.2) is 17.1 Å². The van der Waals surface area contributed by atoms with E-state index in [0.29, 0.717) is 50.6 Å². The molecule has 154 valence electrons. The van der Waals surface area contributed by atoms with Gasteiger partial charge in [-0.3, -0.25) is 14.7 Å². The number of halogens is 1. The van der Waals surface area contributed by atoms with Crippen molar-refractivity contribution in [3.05, 3.63) is 29.1 Å². The molecule has 0 unspecified atom stereocenters. The summed E-state index contributed by atoms with van der Waals surface area (Å²) >= 11 is 0. The summed E-state index contributed by atoms with van der Waals surface area (Å²) < 4.78 is 24.7. The van der Waals surface area contributed by atoms with Gasteiger partial charge in [0.2, 0.25) is 5.91 Å². The molecule has 0 aromatic heterocycles. The van der Waals surface area contributed by atoms with E-state index in [1.54, 1.807) is 7.05 Å². The van der Waals surface area contributed by atoms with E-state index in [9.17, 15) is 9.18 Å². The van der Waals surface area contributed by atoms with Gasteiger partial charge >= 0.3 is 0 Å². The second-order valence-electron chi connectivity index (χ2n) is 7.46. The van der Waals surface area contributed by atoms with Gasteiger partial charge in [0.1, 0.15) is 11.6 Å². The van der Waals surface area contributed by atoms with E-state index in [1.165, 1.54) is 12.1 Å². The zero-order valence-corrected chi connectivity index (χ0v) is 16.6. The zero-order valence-electron chi connectivity index (χ0n) is 16.6. The Labute approximate surface area is 164 Å². The number of piperazine rings is 1. The van der Waals surface area contributed by atoms with Crippen LogP contribution in [0, 0.1) is 5.82 Å². The van der Waals surface area contributed by atoms with Gasteiger partial charge < -0.3 is 25.4 Å². The quantitative estimate of drug-likeness (QED) is 0.576. The number of carbonyl (C=O) groups is 1. The van der Waals surface area contributed by atoms with E-state index in [-0.39, 0.29) is 18.5 Å². The van der Waals surface area contributed by atoms with Crippen LogP contribution in [0.3, 0.4) is 0 Å². The maximum Gasteiger partial charge on any atom is 0.237 e. The Hall–Kier alpha value is -2.39.